The zero-order chi connectivity index (χ0) is 25.3. The Kier molecular flexibility index (Phi) is 6.88. The van der Waals surface area contributed by atoms with Crippen LogP contribution in [0.15, 0.2) is 24.4 Å². The van der Waals surface area contributed by atoms with Crippen LogP contribution in [0.3, 0.4) is 0 Å². The molecule has 0 aromatic carbocycles. The van der Waals surface area contributed by atoms with Crippen molar-refractivity contribution in [3.63, 3.8) is 0 Å². The minimum Gasteiger partial charge on any atom is -0.390 e. The van der Waals surface area contributed by atoms with Gasteiger partial charge in [0.2, 0.25) is 5.95 Å². The number of nitrogen functional groups attached to an aromatic ring is 2. The van der Waals surface area contributed by atoms with Crippen LogP contribution in [0.5, 0.6) is 0 Å². The number of pyridine rings is 1. The Morgan fingerprint density at radius 2 is 1.80 bits per heavy atom. The first-order valence-electron chi connectivity index (χ1n) is 11.8. The average Bonchev–Trinajstić information content (AvgIpc) is 3.35. The predicted octanol–water partition coefficient (Wildman–Crippen LogP) is 4.22. The first-order valence-corrected chi connectivity index (χ1v) is 11.8. The van der Waals surface area contributed by atoms with Gasteiger partial charge in [-0.2, -0.15) is 4.98 Å². The van der Waals surface area contributed by atoms with E-state index in [1.807, 2.05) is 13.8 Å². The van der Waals surface area contributed by atoms with E-state index in [2.05, 4.69) is 20.1 Å². The minimum atomic E-state index is -2.50. The molecule has 5 rings (SSSR count). The molecule has 0 spiro atoms. The number of hydrogen-bond donors (Lipinski definition) is 3. The number of nitrogens with zero attached hydrogens (tertiary/aromatic N) is 6. The lowest BCUT2D eigenvalue weighted by atomic mass is 9.79. The highest BCUT2D eigenvalue weighted by Crippen LogP contribution is 2.32. The number of aromatic nitrogens is 6. The van der Waals surface area contributed by atoms with Crippen LogP contribution in [-0.2, 0) is 6.54 Å². The fraction of sp³-hybridized carbons (Fsp3) is 0.500. The van der Waals surface area contributed by atoms with Crippen LogP contribution in [0.4, 0.5) is 20.5 Å². The van der Waals surface area contributed by atoms with Gasteiger partial charge in [0.05, 0.1) is 17.8 Å². The second-order valence-electron chi connectivity index (χ2n) is 9.57. The molecule has 1 aliphatic carbocycles. The first kappa shape index (κ1) is 24.8. The summed E-state index contributed by atoms with van der Waals surface area (Å²) in [6, 6.07) is 5.27. The zero-order valence-electron chi connectivity index (χ0n) is 20.2. The Bertz CT molecular complexity index is 1320. The molecule has 0 saturated heterocycles. The molecule has 4 heterocycles. The summed E-state index contributed by atoms with van der Waals surface area (Å²) in [5.74, 6) is 1.31. The molecule has 4 aromatic heterocycles. The molecule has 5 N–H and O–H groups in total. The maximum Gasteiger partial charge on any atom is 0.256 e. The van der Waals surface area contributed by atoms with E-state index in [1.54, 1.807) is 31.3 Å². The number of hydrogen-bond acceptors (Lipinski definition) is 7. The molecule has 188 valence electrons. The van der Waals surface area contributed by atoms with Crippen LogP contribution < -0.4 is 11.5 Å². The Balaban J connectivity index is 0.000000243. The molecule has 0 unspecified atom stereocenters. The van der Waals surface area contributed by atoms with Crippen molar-refractivity contribution in [1.29, 1.82) is 0 Å². The topological polar surface area (TPSA) is 133 Å². The van der Waals surface area contributed by atoms with Crippen LogP contribution in [0.1, 0.15) is 51.8 Å². The van der Waals surface area contributed by atoms with Crippen molar-refractivity contribution < 1.29 is 13.9 Å². The Morgan fingerprint density at radius 1 is 1.09 bits per heavy atom. The number of nitrogens with two attached hydrogens (primary N) is 2. The summed E-state index contributed by atoms with van der Waals surface area (Å²) in [6.07, 6.45) is 5.64. The van der Waals surface area contributed by atoms with Gasteiger partial charge in [-0.15, -0.1) is 5.10 Å². The smallest absolute Gasteiger partial charge is 0.256 e. The monoisotopic (exact) mass is 486 g/mol. The zero-order valence-corrected chi connectivity index (χ0v) is 20.2. The highest BCUT2D eigenvalue weighted by atomic mass is 19.3. The first-order chi connectivity index (χ1) is 16.5. The molecule has 9 nitrogen and oxygen atoms in total. The van der Waals surface area contributed by atoms with E-state index in [0.717, 1.165) is 0 Å². The van der Waals surface area contributed by atoms with Gasteiger partial charge in [0.25, 0.3) is 6.43 Å². The lowest BCUT2D eigenvalue weighted by molar-refractivity contribution is 0.000832. The molecular formula is C24H32F2N8O. The number of aryl methyl sites for hydroxylation is 1. The van der Waals surface area contributed by atoms with Gasteiger partial charge in [-0.05, 0) is 57.7 Å². The lowest BCUT2D eigenvalue weighted by Crippen LogP contribution is -2.32. The quantitative estimate of drug-likeness (QED) is 0.393. The summed E-state index contributed by atoms with van der Waals surface area (Å²) in [5.41, 5.74) is 13.9. The highest BCUT2D eigenvalue weighted by molar-refractivity contribution is 5.88. The number of alkyl halides is 2. The Labute approximate surface area is 202 Å². The molecule has 0 aliphatic heterocycles. The van der Waals surface area contributed by atoms with E-state index in [4.69, 9.17) is 11.5 Å². The lowest BCUT2D eigenvalue weighted by Gasteiger charge is -2.32. The minimum absolute atomic E-state index is 0.0567. The summed E-state index contributed by atoms with van der Waals surface area (Å²) in [4.78, 5) is 12.8. The van der Waals surface area contributed by atoms with Gasteiger partial charge in [-0.3, -0.25) is 0 Å². The van der Waals surface area contributed by atoms with Crippen LogP contribution in [-0.4, -0.2) is 46.3 Å². The largest absolute Gasteiger partial charge is 0.390 e. The summed E-state index contributed by atoms with van der Waals surface area (Å²) in [5, 5.41) is 13.7. The SMILES string of the molecule is CC(C)(O)C1CCCCC1.Cc1nc2ccc(-c3ccn4nc(N)nc(N)c34)nc2n1CC(F)F. The Morgan fingerprint density at radius 3 is 2.43 bits per heavy atom. The third-order valence-corrected chi connectivity index (χ3v) is 6.54. The van der Waals surface area contributed by atoms with E-state index in [1.165, 1.54) is 41.2 Å². The average molecular weight is 487 g/mol. The number of fused-ring (bicyclic) bond motifs is 2. The van der Waals surface area contributed by atoms with E-state index in [9.17, 15) is 13.9 Å². The third-order valence-electron chi connectivity index (χ3n) is 6.54. The van der Waals surface area contributed by atoms with E-state index < -0.39 is 18.6 Å². The fourth-order valence-corrected chi connectivity index (χ4v) is 4.71. The van der Waals surface area contributed by atoms with Gasteiger partial charge in [-0.25, -0.2) is 23.3 Å². The standard InChI is InChI=1S/C15H14F2N8.C9H18O/c1-7-20-10-3-2-9(21-14(10)24(7)6-11(16)17)8-4-5-25-12(8)13(18)22-15(19)23-25;1-9(2,10)8-6-4-3-5-7-8/h2-5,11H,6H2,1H3,(H4,18,19,22,23);8,10H,3-7H2,1-2H3. The maximum atomic E-state index is 12.9. The molecule has 0 atom stereocenters. The summed E-state index contributed by atoms with van der Waals surface area (Å²) >= 11 is 0. The molecule has 1 fully saturated rings. The van der Waals surface area contributed by atoms with E-state index in [-0.39, 0.29) is 11.8 Å². The number of halogens is 2. The van der Waals surface area contributed by atoms with Crippen molar-refractivity contribution in [3.05, 3.63) is 30.2 Å². The third kappa shape index (κ3) is 5.34. The molecule has 1 saturated carbocycles. The van der Waals surface area contributed by atoms with Gasteiger partial charge in [0.15, 0.2) is 11.5 Å². The van der Waals surface area contributed by atoms with Crippen molar-refractivity contribution in [1.82, 2.24) is 29.1 Å². The fourth-order valence-electron chi connectivity index (χ4n) is 4.71. The predicted molar refractivity (Wildman–Crippen MR) is 132 cm³/mol. The molecule has 0 radical (unpaired) electrons. The van der Waals surface area contributed by atoms with E-state index in [0.29, 0.717) is 39.7 Å². The van der Waals surface area contributed by atoms with Crippen LogP contribution in [0, 0.1) is 12.8 Å². The van der Waals surface area contributed by atoms with E-state index >= 15 is 0 Å². The van der Waals surface area contributed by atoms with Crippen molar-refractivity contribution in [2.75, 3.05) is 11.5 Å². The number of anilines is 2. The molecule has 35 heavy (non-hydrogen) atoms. The molecule has 0 amide bonds. The normalized spacial score (nSPS) is 15.1. The molecule has 4 aromatic rings. The molecular weight excluding hydrogens is 454 g/mol. The van der Waals surface area contributed by atoms with Crippen molar-refractivity contribution in [2.24, 2.45) is 5.92 Å². The van der Waals surface area contributed by atoms with Gasteiger partial charge >= 0.3 is 0 Å². The van der Waals surface area contributed by atoms with Gasteiger partial charge < -0.3 is 21.1 Å². The van der Waals surface area contributed by atoms with Gasteiger partial charge in [0.1, 0.15) is 16.9 Å². The van der Waals surface area contributed by atoms with Crippen LogP contribution >= 0.6 is 0 Å². The van der Waals surface area contributed by atoms with Crippen molar-refractivity contribution in [2.45, 2.75) is 71.4 Å². The van der Waals surface area contributed by atoms with Crippen molar-refractivity contribution in [3.8, 4) is 11.3 Å². The molecule has 0 bridgehead atoms. The van der Waals surface area contributed by atoms with Gasteiger partial charge in [0, 0.05) is 11.8 Å². The molecule has 1 aliphatic rings. The summed E-state index contributed by atoms with van der Waals surface area (Å²) in [7, 11) is 0. The maximum absolute atomic E-state index is 12.9. The second kappa shape index (κ2) is 9.73. The summed E-state index contributed by atoms with van der Waals surface area (Å²) < 4.78 is 28.6. The van der Waals surface area contributed by atoms with Crippen LogP contribution in [0.2, 0.25) is 0 Å². The summed E-state index contributed by atoms with van der Waals surface area (Å²) in [6.45, 7) is 5.08. The number of rotatable bonds is 4. The second-order valence-corrected chi connectivity index (χ2v) is 9.57. The van der Waals surface area contributed by atoms with Gasteiger partial charge in [-0.1, -0.05) is 19.3 Å². The number of imidazole rings is 1. The highest BCUT2D eigenvalue weighted by Gasteiger charge is 2.27. The Hall–Kier alpha value is -3.34. The molecule has 11 heteroatoms. The number of aliphatic hydroxyl groups is 1. The van der Waals surface area contributed by atoms with Crippen LogP contribution in [0.25, 0.3) is 27.9 Å². The van der Waals surface area contributed by atoms with Crippen molar-refractivity contribution >= 4 is 28.4 Å².